The maximum absolute atomic E-state index is 5.35. The number of rotatable bonds is 7. The molecule has 0 fully saturated rings. The van der Waals surface area contributed by atoms with E-state index in [0.29, 0.717) is 0 Å². The Morgan fingerprint density at radius 3 is 2.13 bits per heavy atom. The molecule has 0 aromatic heterocycles. The fraction of sp³-hybridized carbons (Fsp3) is 0.250. The zero-order chi connectivity index (χ0) is 22.5. The summed E-state index contributed by atoms with van der Waals surface area (Å²) in [7, 11) is 0. The minimum atomic E-state index is 0.177. The molecule has 0 aliphatic heterocycles. The normalized spacial score (nSPS) is 11.7. The summed E-state index contributed by atoms with van der Waals surface area (Å²) >= 11 is 16.3. The van der Waals surface area contributed by atoms with E-state index in [9.17, 15) is 0 Å². The minimum Gasteiger partial charge on any atom is -0.375 e. The third-order valence-electron chi connectivity index (χ3n) is 3.82. The van der Waals surface area contributed by atoms with Gasteiger partial charge < -0.3 is 11.5 Å². The van der Waals surface area contributed by atoms with Crippen LogP contribution in [0.2, 0.25) is 0 Å². The predicted molar refractivity (Wildman–Crippen MR) is 141 cm³/mol. The van der Waals surface area contributed by atoms with E-state index in [-0.39, 0.29) is 16.3 Å². The van der Waals surface area contributed by atoms with Gasteiger partial charge in [0, 0.05) is 8.95 Å². The molecule has 0 radical (unpaired) electrons. The fourth-order valence-corrected chi connectivity index (χ4v) is 3.36. The molecule has 7 N–H and O–H groups in total. The summed E-state index contributed by atoms with van der Waals surface area (Å²) in [4.78, 5) is 0. The third kappa shape index (κ3) is 10.4. The molecule has 10 heteroatoms. The quantitative estimate of drug-likeness (QED) is 0.187. The lowest BCUT2D eigenvalue weighted by Crippen LogP contribution is -2.42. The highest BCUT2D eigenvalue weighted by atomic mass is 79.9. The molecule has 2 rings (SSSR count). The maximum atomic E-state index is 5.35. The van der Waals surface area contributed by atoms with Gasteiger partial charge in [0.05, 0.1) is 11.8 Å². The van der Waals surface area contributed by atoms with Crippen LogP contribution in [0.25, 0.3) is 0 Å². The van der Waals surface area contributed by atoms with Crippen molar-refractivity contribution >= 4 is 72.2 Å². The summed E-state index contributed by atoms with van der Waals surface area (Å²) in [5.74, 6) is 0. The van der Waals surface area contributed by atoms with Gasteiger partial charge >= 0.3 is 0 Å². The Labute approximate surface area is 205 Å². The summed E-state index contributed by atoms with van der Waals surface area (Å²) in [5, 5.41) is 4.56. The summed E-state index contributed by atoms with van der Waals surface area (Å²) in [6, 6.07) is 16.3. The molecule has 162 valence electrons. The monoisotopic (exact) mass is 572 g/mol. The molecule has 0 heterocycles. The highest BCUT2D eigenvalue weighted by Gasteiger charge is 2.08. The predicted octanol–water partition coefficient (Wildman–Crippen LogP) is 4.63. The number of nitrogens with two attached hydrogens (primary N) is 2. The van der Waals surface area contributed by atoms with Crippen molar-refractivity contribution in [2.45, 2.75) is 32.7 Å². The van der Waals surface area contributed by atoms with Gasteiger partial charge in [-0.25, -0.2) is 5.43 Å². The van der Waals surface area contributed by atoms with Gasteiger partial charge in [-0.3, -0.25) is 10.9 Å². The van der Waals surface area contributed by atoms with E-state index in [1.807, 2.05) is 43.3 Å². The average Bonchev–Trinajstić information content (AvgIpc) is 2.69. The number of nitrogens with zero attached hydrogens (tertiary/aromatic N) is 1. The highest BCUT2D eigenvalue weighted by Crippen LogP contribution is 2.19. The van der Waals surface area contributed by atoms with Crippen molar-refractivity contribution in [3.05, 3.63) is 68.6 Å². The second-order valence-corrected chi connectivity index (χ2v) is 8.76. The number of hydrazine groups is 1. The molecule has 0 aliphatic carbocycles. The zero-order valence-electron chi connectivity index (χ0n) is 16.8. The van der Waals surface area contributed by atoms with Crippen LogP contribution in [0.15, 0.2) is 62.6 Å². The smallest absolute Gasteiger partial charge is 0.184 e. The lowest BCUT2D eigenvalue weighted by molar-refractivity contribution is 0.495. The van der Waals surface area contributed by atoms with Gasteiger partial charge in [-0.15, -0.1) is 0 Å². The molecule has 2 aromatic rings. The van der Waals surface area contributed by atoms with E-state index in [0.717, 1.165) is 33.1 Å². The van der Waals surface area contributed by atoms with Gasteiger partial charge in [-0.1, -0.05) is 70.0 Å². The van der Waals surface area contributed by atoms with Crippen molar-refractivity contribution in [2.75, 3.05) is 0 Å². The van der Waals surface area contributed by atoms with Gasteiger partial charge in [0.1, 0.15) is 0 Å². The second kappa shape index (κ2) is 14.4. The molecule has 0 bridgehead atoms. The summed E-state index contributed by atoms with van der Waals surface area (Å²) < 4.78 is 2.09. The van der Waals surface area contributed by atoms with Crippen LogP contribution < -0.4 is 27.7 Å². The molecular weight excluding hydrogens is 548 g/mol. The summed E-state index contributed by atoms with van der Waals surface area (Å²) in [6.45, 7) is 4.13. The van der Waals surface area contributed by atoms with E-state index < -0.39 is 0 Å². The van der Waals surface area contributed by atoms with E-state index in [4.69, 9.17) is 23.7 Å². The number of thiocarbonyl (C=S) groups is 2. The highest BCUT2D eigenvalue weighted by molar-refractivity contribution is 9.10. The molecule has 0 saturated carbocycles. The van der Waals surface area contributed by atoms with Crippen LogP contribution in [0.4, 0.5) is 0 Å². The van der Waals surface area contributed by atoms with Crippen LogP contribution in [0.3, 0.4) is 0 Å². The summed E-state index contributed by atoms with van der Waals surface area (Å²) in [6.07, 6.45) is 1.76. The Balaban J connectivity index is 0.000000300. The van der Waals surface area contributed by atoms with Crippen LogP contribution in [0.5, 0.6) is 0 Å². The second-order valence-electron chi connectivity index (χ2n) is 6.05. The standard InChI is InChI=1S/C10H14BrN3S.C10H12BrN3S/c2*1-2-9(13-14-10(12)15)7-4-3-5-8(11)6-7/h3-6,9,13H,2H2,1H3,(H3,12,14,15);3-6H,2H2,1H3,(H3,12,14,15)/b;13-9+. The topological polar surface area (TPSA) is 100 Å². The molecule has 0 amide bonds. The lowest BCUT2D eigenvalue weighted by atomic mass is 10.1. The molecule has 6 nitrogen and oxygen atoms in total. The number of halogens is 2. The molecule has 0 saturated heterocycles. The Bertz CT molecular complexity index is 876. The molecule has 0 aliphatic rings. The first kappa shape index (κ1) is 26.4. The maximum Gasteiger partial charge on any atom is 0.184 e. The van der Waals surface area contributed by atoms with Crippen LogP contribution in [0.1, 0.15) is 43.9 Å². The van der Waals surface area contributed by atoms with Gasteiger partial charge in [0.15, 0.2) is 10.2 Å². The SMILES string of the molecule is CC/C(=N\NC(N)=S)c1cccc(Br)c1.CCC(NNC(N)=S)c1cccc(Br)c1. The van der Waals surface area contributed by atoms with Crippen molar-refractivity contribution in [1.29, 1.82) is 0 Å². The van der Waals surface area contributed by atoms with Gasteiger partial charge in [0.2, 0.25) is 0 Å². The first-order valence-corrected chi connectivity index (χ1v) is 11.6. The first-order valence-electron chi connectivity index (χ1n) is 9.21. The molecule has 1 atom stereocenters. The largest absolute Gasteiger partial charge is 0.375 e. The van der Waals surface area contributed by atoms with Crippen LogP contribution >= 0.6 is 56.3 Å². The van der Waals surface area contributed by atoms with E-state index >= 15 is 0 Å². The Morgan fingerprint density at radius 2 is 1.63 bits per heavy atom. The number of benzene rings is 2. The van der Waals surface area contributed by atoms with Gasteiger partial charge in [-0.05, 0) is 72.7 Å². The molecule has 2 aromatic carbocycles. The zero-order valence-corrected chi connectivity index (χ0v) is 21.6. The first-order chi connectivity index (χ1) is 14.3. The van der Waals surface area contributed by atoms with Crippen LogP contribution in [0, 0.1) is 0 Å². The Kier molecular flexibility index (Phi) is 12.7. The third-order valence-corrected chi connectivity index (χ3v) is 5.00. The average molecular weight is 574 g/mol. The number of nitrogens with one attached hydrogen (secondary N) is 3. The number of hydrazone groups is 1. The van der Waals surface area contributed by atoms with Gasteiger partial charge in [0.25, 0.3) is 0 Å². The molecule has 1 unspecified atom stereocenters. The van der Waals surface area contributed by atoms with Crippen molar-refractivity contribution < 1.29 is 0 Å². The summed E-state index contributed by atoms with van der Waals surface area (Å²) in [5.41, 5.74) is 22.3. The number of hydrogen-bond acceptors (Lipinski definition) is 4. The van der Waals surface area contributed by atoms with E-state index in [1.165, 1.54) is 5.56 Å². The van der Waals surface area contributed by atoms with E-state index in [2.05, 4.69) is 84.5 Å². The van der Waals surface area contributed by atoms with Crippen molar-refractivity contribution in [1.82, 2.24) is 16.3 Å². The van der Waals surface area contributed by atoms with Crippen molar-refractivity contribution in [2.24, 2.45) is 16.6 Å². The van der Waals surface area contributed by atoms with Crippen LogP contribution in [-0.2, 0) is 0 Å². The van der Waals surface area contributed by atoms with E-state index in [1.54, 1.807) is 0 Å². The molecular formula is C20H26Br2N6S2. The van der Waals surface area contributed by atoms with Crippen molar-refractivity contribution in [3.8, 4) is 0 Å². The van der Waals surface area contributed by atoms with Gasteiger partial charge in [-0.2, -0.15) is 5.10 Å². The molecule has 30 heavy (non-hydrogen) atoms. The minimum absolute atomic E-state index is 0.177. The number of hydrogen-bond donors (Lipinski definition) is 5. The lowest BCUT2D eigenvalue weighted by Gasteiger charge is -2.18. The Hall–Kier alpha value is -1.59. The fourth-order valence-electron chi connectivity index (χ4n) is 2.44. The molecule has 0 spiro atoms. The Morgan fingerprint density at radius 1 is 1.00 bits per heavy atom. The van der Waals surface area contributed by atoms with Crippen molar-refractivity contribution in [3.63, 3.8) is 0 Å². The van der Waals surface area contributed by atoms with Crippen LogP contribution in [-0.4, -0.2) is 15.9 Å².